The summed E-state index contributed by atoms with van der Waals surface area (Å²) in [5, 5.41) is 0.818. The van der Waals surface area contributed by atoms with Crippen molar-refractivity contribution >= 4 is 16.7 Å². The fraction of sp³-hybridized carbons (Fsp3) is 0.400. The van der Waals surface area contributed by atoms with Gasteiger partial charge in [0.1, 0.15) is 11.6 Å². The molecule has 0 aliphatic rings. The van der Waals surface area contributed by atoms with Crippen LogP contribution in [0.25, 0.3) is 10.9 Å². The van der Waals surface area contributed by atoms with Crippen LogP contribution in [-0.4, -0.2) is 10.8 Å². The number of aromatic amines is 1. The maximum atomic E-state index is 13.2. The van der Waals surface area contributed by atoms with Crippen molar-refractivity contribution in [2.24, 2.45) is 0 Å². The molecule has 0 spiro atoms. The van der Waals surface area contributed by atoms with Crippen LogP contribution in [0.3, 0.4) is 0 Å². The minimum atomic E-state index is -0.262. The van der Waals surface area contributed by atoms with Crippen LogP contribution in [0.1, 0.15) is 38.2 Å². The summed E-state index contributed by atoms with van der Waals surface area (Å²) in [6, 6.07) is 4.61. The van der Waals surface area contributed by atoms with Crippen molar-refractivity contribution in [2.75, 3.05) is 0 Å². The molecule has 0 fully saturated rings. The van der Waals surface area contributed by atoms with Crippen LogP contribution in [0, 0.1) is 5.82 Å². The highest BCUT2D eigenvalue weighted by molar-refractivity contribution is 5.89. The van der Waals surface area contributed by atoms with E-state index in [9.17, 15) is 9.18 Å². The number of fused-ring (bicyclic) bond motifs is 1. The molecule has 0 unspecified atom stereocenters. The Morgan fingerprint density at radius 1 is 1.33 bits per heavy atom. The zero-order valence-corrected chi connectivity index (χ0v) is 10.6. The first-order chi connectivity index (χ1) is 8.70. The van der Waals surface area contributed by atoms with Crippen molar-refractivity contribution in [3.8, 4) is 0 Å². The lowest BCUT2D eigenvalue weighted by molar-refractivity contribution is -0.118. The lowest BCUT2D eigenvalue weighted by atomic mass is 10.0. The predicted octanol–water partition coefficient (Wildman–Crippen LogP) is 4.00. The number of H-pyrrole nitrogens is 1. The Bertz CT molecular complexity index is 544. The maximum Gasteiger partial charge on any atom is 0.137 e. The number of carbonyl (C=O) groups excluding carboxylic acids is 1. The summed E-state index contributed by atoms with van der Waals surface area (Å²) in [6.07, 6.45) is 5.98. The van der Waals surface area contributed by atoms with Crippen LogP contribution in [0.2, 0.25) is 0 Å². The van der Waals surface area contributed by atoms with E-state index in [0.29, 0.717) is 12.8 Å². The van der Waals surface area contributed by atoms with Gasteiger partial charge in [-0.05, 0) is 30.2 Å². The Kier molecular flexibility index (Phi) is 4.13. The van der Waals surface area contributed by atoms with E-state index in [1.54, 1.807) is 6.07 Å². The number of aromatic nitrogens is 1. The highest BCUT2D eigenvalue weighted by Gasteiger charge is 2.09. The monoisotopic (exact) mass is 247 g/mol. The molecule has 96 valence electrons. The van der Waals surface area contributed by atoms with Gasteiger partial charge in [-0.2, -0.15) is 0 Å². The number of Topliss-reactive ketones (excluding diaryl/α,β-unsaturated/α-hetero) is 1. The molecule has 0 atom stereocenters. The third-order valence-corrected chi connectivity index (χ3v) is 3.18. The summed E-state index contributed by atoms with van der Waals surface area (Å²) in [5.74, 6) is -0.0320. The quantitative estimate of drug-likeness (QED) is 0.769. The van der Waals surface area contributed by atoms with Crippen molar-refractivity contribution in [3.05, 3.63) is 35.8 Å². The number of hydrogen-bond acceptors (Lipinski definition) is 1. The molecule has 1 N–H and O–H groups in total. The number of hydrogen-bond donors (Lipinski definition) is 1. The molecule has 0 radical (unpaired) electrons. The molecule has 2 aromatic rings. The molecule has 0 aliphatic heterocycles. The van der Waals surface area contributed by atoms with E-state index in [1.807, 2.05) is 6.20 Å². The lowest BCUT2D eigenvalue weighted by Crippen LogP contribution is -2.01. The van der Waals surface area contributed by atoms with E-state index >= 15 is 0 Å². The van der Waals surface area contributed by atoms with Crippen LogP contribution < -0.4 is 0 Å². The molecule has 2 rings (SSSR count). The van der Waals surface area contributed by atoms with E-state index in [1.165, 1.54) is 12.1 Å². The van der Waals surface area contributed by atoms with Gasteiger partial charge in [0.15, 0.2) is 0 Å². The number of benzene rings is 1. The van der Waals surface area contributed by atoms with E-state index < -0.39 is 0 Å². The Hall–Kier alpha value is -1.64. The minimum Gasteiger partial charge on any atom is -0.361 e. The molecule has 1 heterocycles. The Morgan fingerprint density at radius 3 is 2.94 bits per heavy atom. The van der Waals surface area contributed by atoms with Crippen LogP contribution in [0.5, 0.6) is 0 Å². The van der Waals surface area contributed by atoms with E-state index in [2.05, 4.69) is 11.9 Å². The largest absolute Gasteiger partial charge is 0.361 e. The Morgan fingerprint density at radius 2 is 2.17 bits per heavy atom. The molecular weight excluding hydrogens is 229 g/mol. The number of carbonyl (C=O) groups is 1. The molecule has 1 aromatic heterocycles. The molecule has 0 amide bonds. The van der Waals surface area contributed by atoms with Gasteiger partial charge in [0.05, 0.1) is 0 Å². The lowest BCUT2D eigenvalue weighted by Gasteiger charge is -2.00. The van der Waals surface area contributed by atoms with Crippen molar-refractivity contribution < 1.29 is 9.18 Å². The summed E-state index contributed by atoms with van der Waals surface area (Å²) in [6.45, 7) is 2.12. The fourth-order valence-corrected chi connectivity index (χ4v) is 2.17. The predicted molar refractivity (Wildman–Crippen MR) is 71.1 cm³/mol. The van der Waals surface area contributed by atoms with E-state index in [0.717, 1.165) is 35.7 Å². The summed E-state index contributed by atoms with van der Waals surface area (Å²) in [4.78, 5) is 14.9. The highest BCUT2D eigenvalue weighted by Crippen LogP contribution is 2.20. The van der Waals surface area contributed by atoms with E-state index in [4.69, 9.17) is 0 Å². The smallest absolute Gasteiger partial charge is 0.137 e. The first-order valence-corrected chi connectivity index (χ1v) is 6.48. The van der Waals surface area contributed by atoms with Crippen molar-refractivity contribution in [1.29, 1.82) is 0 Å². The molecule has 3 heteroatoms. The number of halogens is 1. The van der Waals surface area contributed by atoms with Crippen LogP contribution in [0.15, 0.2) is 24.4 Å². The summed E-state index contributed by atoms with van der Waals surface area (Å²) >= 11 is 0. The SMILES string of the molecule is CCCCCC(=O)Cc1c[nH]c2ccc(F)cc12. The van der Waals surface area contributed by atoms with Gasteiger partial charge >= 0.3 is 0 Å². The molecule has 0 bridgehead atoms. The molecule has 0 saturated carbocycles. The Labute approximate surface area is 106 Å². The van der Waals surface area contributed by atoms with Gasteiger partial charge in [0.2, 0.25) is 0 Å². The number of unbranched alkanes of at least 4 members (excludes halogenated alkanes) is 2. The first-order valence-electron chi connectivity index (χ1n) is 6.48. The average molecular weight is 247 g/mol. The summed E-state index contributed by atoms with van der Waals surface area (Å²) in [7, 11) is 0. The summed E-state index contributed by atoms with van der Waals surface area (Å²) in [5.41, 5.74) is 1.78. The first kappa shape index (κ1) is 12.8. The average Bonchev–Trinajstić information content (AvgIpc) is 2.72. The number of ketones is 1. The molecule has 18 heavy (non-hydrogen) atoms. The second-order valence-electron chi connectivity index (χ2n) is 4.68. The fourth-order valence-electron chi connectivity index (χ4n) is 2.17. The maximum absolute atomic E-state index is 13.2. The number of rotatable bonds is 6. The van der Waals surface area contributed by atoms with Gasteiger partial charge in [-0.1, -0.05) is 19.8 Å². The zero-order chi connectivity index (χ0) is 13.0. The second kappa shape index (κ2) is 5.80. The van der Waals surface area contributed by atoms with Gasteiger partial charge in [-0.25, -0.2) is 4.39 Å². The molecule has 0 saturated heterocycles. The van der Waals surface area contributed by atoms with Crippen LogP contribution in [0.4, 0.5) is 4.39 Å². The molecule has 0 aliphatic carbocycles. The minimum absolute atomic E-state index is 0.230. The van der Waals surface area contributed by atoms with Gasteiger partial charge in [0.25, 0.3) is 0 Å². The van der Waals surface area contributed by atoms with Crippen molar-refractivity contribution in [2.45, 2.75) is 39.0 Å². The molecular formula is C15H18FNO. The number of nitrogens with one attached hydrogen (secondary N) is 1. The third-order valence-electron chi connectivity index (χ3n) is 3.18. The van der Waals surface area contributed by atoms with Gasteiger partial charge in [-0.3, -0.25) is 4.79 Å². The second-order valence-corrected chi connectivity index (χ2v) is 4.68. The van der Waals surface area contributed by atoms with Crippen LogP contribution >= 0.6 is 0 Å². The van der Waals surface area contributed by atoms with Crippen molar-refractivity contribution in [3.63, 3.8) is 0 Å². The zero-order valence-electron chi connectivity index (χ0n) is 10.6. The van der Waals surface area contributed by atoms with Gasteiger partial charge < -0.3 is 4.98 Å². The third kappa shape index (κ3) is 2.97. The normalized spacial score (nSPS) is 11.0. The van der Waals surface area contributed by atoms with Gasteiger partial charge in [0, 0.05) is 29.9 Å². The van der Waals surface area contributed by atoms with Crippen LogP contribution in [-0.2, 0) is 11.2 Å². The highest BCUT2D eigenvalue weighted by atomic mass is 19.1. The molecule has 1 aromatic carbocycles. The molecule has 2 nitrogen and oxygen atoms in total. The van der Waals surface area contributed by atoms with Gasteiger partial charge in [-0.15, -0.1) is 0 Å². The topological polar surface area (TPSA) is 32.9 Å². The summed E-state index contributed by atoms with van der Waals surface area (Å²) < 4.78 is 13.2. The Balaban J connectivity index is 2.07. The standard InChI is InChI=1S/C15H18FNO/c1-2-3-4-5-13(18)8-11-10-17-15-7-6-12(16)9-14(11)15/h6-7,9-10,17H,2-5,8H2,1H3. The van der Waals surface area contributed by atoms with Crippen molar-refractivity contribution in [1.82, 2.24) is 4.98 Å². The van der Waals surface area contributed by atoms with E-state index in [-0.39, 0.29) is 11.6 Å².